The molecule has 0 heterocycles. The van der Waals surface area contributed by atoms with E-state index in [4.69, 9.17) is 0 Å². The molecule has 1 saturated carbocycles. The molecule has 1 fully saturated rings. The van der Waals surface area contributed by atoms with Crippen molar-refractivity contribution in [2.24, 2.45) is 0 Å². The Morgan fingerprint density at radius 2 is 1.85 bits per heavy atom. The lowest BCUT2D eigenvalue weighted by Crippen LogP contribution is -2.41. The van der Waals surface area contributed by atoms with Crippen LogP contribution in [-0.4, -0.2) is 37.0 Å². The third-order valence-corrected chi connectivity index (χ3v) is 3.15. The summed E-state index contributed by atoms with van der Waals surface area (Å²) in [4.78, 5) is 13.0. The molecule has 1 aliphatic rings. The molecule has 0 spiro atoms. The highest BCUT2D eigenvalue weighted by Gasteiger charge is 2.23. The minimum absolute atomic E-state index is 0.188. The molecule has 1 aliphatic carbocycles. The lowest BCUT2D eigenvalue weighted by atomic mass is 9.90. The number of nitrogens with zero attached hydrogens (tertiary/aromatic N) is 1. The molecule has 3 nitrogen and oxygen atoms in total. The third kappa shape index (κ3) is 2.69. The van der Waals surface area contributed by atoms with Gasteiger partial charge in [0.25, 0.3) is 0 Å². The summed E-state index contributed by atoms with van der Waals surface area (Å²) in [5.41, 5.74) is 0. The van der Waals surface area contributed by atoms with Gasteiger partial charge in [0.05, 0.1) is 0 Å². The van der Waals surface area contributed by atoms with E-state index in [1.54, 1.807) is 6.92 Å². The van der Waals surface area contributed by atoms with Gasteiger partial charge in [0.15, 0.2) is 0 Å². The van der Waals surface area contributed by atoms with Gasteiger partial charge in [-0.3, -0.25) is 4.79 Å². The van der Waals surface area contributed by atoms with E-state index in [0.717, 1.165) is 12.8 Å². The van der Waals surface area contributed by atoms with Crippen molar-refractivity contribution >= 4 is 5.91 Å². The Kier molecular flexibility index (Phi) is 3.72. The van der Waals surface area contributed by atoms with E-state index in [1.165, 1.54) is 12.8 Å². The molecule has 13 heavy (non-hydrogen) atoms. The summed E-state index contributed by atoms with van der Waals surface area (Å²) < 4.78 is 0. The summed E-state index contributed by atoms with van der Waals surface area (Å²) in [5.74, 6) is 0.188. The van der Waals surface area contributed by atoms with Gasteiger partial charge in [-0.15, -0.1) is 0 Å². The first-order valence-corrected chi connectivity index (χ1v) is 5.05. The Bertz CT molecular complexity index is 174. The normalized spacial score (nSPS) is 28.5. The van der Waals surface area contributed by atoms with Crippen molar-refractivity contribution in [2.75, 3.05) is 14.1 Å². The van der Waals surface area contributed by atoms with Crippen LogP contribution in [0.25, 0.3) is 0 Å². The molecule has 0 unspecified atom stereocenters. The summed E-state index contributed by atoms with van der Waals surface area (Å²) in [6.45, 7) is 1.64. The average Bonchev–Trinajstić information content (AvgIpc) is 2.17. The van der Waals surface area contributed by atoms with Gasteiger partial charge in [-0.05, 0) is 32.7 Å². The van der Waals surface area contributed by atoms with Crippen LogP contribution >= 0.6 is 0 Å². The number of amides is 1. The second-order valence-electron chi connectivity index (χ2n) is 3.92. The second-order valence-corrected chi connectivity index (χ2v) is 3.92. The van der Waals surface area contributed by atoms with Gasteiger partial charge in [-0.25, -0.2) is 0 Å². The molecule has 0 aromatic heterocycles. The summed E-state index contributed by atoms with van der Waals surface area (Å²) in [7, 11) is 3.92. The highest BCUT2D eigenvalue weighted by atomic mass is 16.2. The minimum Gasteiger partial charge on any atom is -0.343 e. The van der Waals surface area contributed by atoms with E-state index in [1.807, 2.05) is 19.0 Å². The maximum Gasteiger partial charge on any atom is 0.219 e. The van der Waals surface area contributed by atoms with Gasteiger partial charge >= 0.3 is 0 Å². The predicted octanol–water partition coefficient (Wildman–Crippen LogP) is 0.995. The van der Waals surface area contributed by atoms with E-state index < -0.39 is 0 Å². The first-order valence-electron chi connectivity index (χ1n) is 5.05. The highest BCUT2D eigenvalue weighted by Crippen LogP contribution is 2.21. The quantitative estimate of drug-likeness (QED) is 0.694. The standard InChI is InChI=1S/C10H20N2O/c1-8(13)12(3)10-6-4-9(11-2)5-7-10/h9-11H,4-7H2,1-3H3/t9-,10-. The Labute approximate surface area is 80.5 Å². The molecule has 0 aromatic carbocycles. The molecule has 0 aromatic rings. The maximum atomic E-state index is 11.1. The highest BCUT2D eigenvalue weighted by molar-refractivity contribution is 5.73. The molecule has 0 aliphatic heterocycles. The minimum atomic E-state index is 0.188. The van der Waals surface area contributed by atoms with Crippen LogP contribution in [0.15, 0.2) is 0 Å². The van der Waals surface area contributed by atoms with Gasteiger partial charge in [0.2, 0.25) is 5.91 Å². The molecule has 1 rings (SSSR count). The van der Waals surface area contributed by atoms with Crippen molar-refractivity contribution in [3.63, 3.8) is 0 Å². The Morgan fingerprint density at radius 1 is 1.31 bits per heavy atom. The predicted molar refractivity (Wildman–Crippen MR) is 53.5 cm³/mol. The van der Waals surface area contributed by atoms with Crippen molar-refractivity contribution < 1.29 is 4.79 Å². The molecular weight excluding hydrogens is 164 g/mol. The van der Waals surface area contributed by atoms with Crippen LogP contribution < -0.4 is 5.32 Å². The molecule has 0 saturated heterocycles. The number of hydrogen-bond acceptors (Lipinski definition) is 2. The molecule has 0 bridgehead atoms. The molecular formula is C10H20N2O. The van der Waals surface area contributed by atoms with Crippen LogP contribution in [0.2, 0.25) is 0 Å². The number of carbonyl (C=O) groups excluding carboxylic acids is 1. The summed E-state index contributed by atoms with van der Waals surface area (Å²) in [6, 6.07) is 1.14. The van der Waals surface area contributed by atoms with Crippen LogP contribution in [0.5, 0.6) is 0 Å². The monoisotopic (exact) mass is 184 g/mol. The maximum absolute atomic E-state index is 11.1. The van der Waals surface area contributed by atoms with Crippen molar-refractivity contribution in [3.8, 4) is 0 Å². The fraction of sp³-hybridized carbons (Fsp3) is 0.900. The summed E-state index contributed by atoms with van der Waals surface area (Å²) in [6.07, 6.45) is 4.67. The fourth-order valence-corrected chi connectivity index (χ4v) is 2.01. The average molecular weight is 184 g/mol. The second kappa shape index (κ2) is 4.61. The van der Waals surface area contributed by atoms with Crippen molar-refractivity contribution in [3.05, 3.63) is 0 Å². The van der Waals surface area contributed by atoms with E-state index in [-0.39, 0.29) is 5.91 Å². The Morgan fingerprint density at radius 3 is 2.23 bits per heavy atom. The molecule has 0 atom stereocenters. The van der Waals surface area contributed by atoms with Crippen LogP contribution in [0.3, 0.4) is 0 Å². The largest absolute Gasteiger partial charge is 0.343 e. The van der Waals surface area contributed by atoms with E-state index in [2.05, 4.69) is 5.32 Å². The Balaban J connectivity index is 2.36. The van der Waals surface area contributed by atoms with Crippen molar-refractivity contribution in [1.82, 2.24) is 10.2 Å². The van der Waals surface area contributed by atoms with Gasteiger partial charge < -0.3 is 10.2 Å². The lowest BCUT2D eigenvalue weighted by Gasteiger charge is -2.34. The van der Waals surface area contributed by atoms with Crippen LogP contribution in [0.4, 0.5) is 0 Å². The molecule has 1 N–H and O–H groups in total. The first-order chi connectivity index (χ1) is 6.15. The first kappa shape index (κ1) is 10.5. The van der Waals surface area contributed by atoms with E-state index in [0.29, 0.717) is 12.1 Å². The van der Waals surface area contributed by atoms with Gasteiger partial charge in [0, 0.05) is 26.1 Å². The number of carbonyl (C=O) groups is 1. The van der Waals surface area contributed by atoms with Gasteiger partial charge in [-0.1, -0.05) is 0 Å². The Hall–Kier alpha value is -0.570. The zero-order valence-electron chi connectivity index (χ0n) is 8.84. The number of nitrogens with one attached hydrogen (secondary N) is 1. The third-order valence-electron chi connectivity index (χ3n) is 3.15. The molecule has 1 amide bonds. The molecule has 0 radical (unpaired) electrons. The zero-order valence-corrected chi connectivity index (χ0v) is 8.84. The SMILES string of the molecule is CN[C@H]1CC[C@H](N(C)C(C)=O)CC1. The fourth-order valence-electron chi connectivity index (χ4n) is 2.01. The van der Waals surface area contributed by atoms with Crippen LogP contribution in [0.1, 0.15) is 32.6 Å². The summed E-state index contributed by atoms with van der Waals surface area (Å²) in [5, 5.41) is 3.29. The molecule has 3 heteroatoms. The van der Waals surface area contributed by atoms with E-state index in [9.17, 15) is 4.79 Å². The zero-order chi connectivity index (χ0) is 9.84. The van der Waals surface area contributed by atoms with Gasteiger partial charge in [0.1, 0.15) is 0 Å². The smallest absolute Gasteiger partial charge is 0.219 e. The molecule has 76 valence electrons. The topological polar surface area (TPSA) is 32.3 Å². The van der Waals surface area contributed by atoms with Crippen molar-refractivity contribution in [1.29, 1.82) is 0 Å². The van der Waals surface area contributed by atoms with Crippen molar-refractivity contribution in [2.45, 2.75) is 44.7 Å². The van der Waals surface area contributed by atoms with Gasteiger partial charge in [-0.2, -0.15) is 0 Å². The number of hydrogen-bond donors (Lipinski definition) is 1. The lowest BCUT2D eigenvalue weighted by molar-refractivity contribution is -0.130. The van der Waals surface area contributed by atoms with Crippen LogP contribution in [-0.2, 0) is 4.79 Å². The summed E-state index contributed by atoms with van der Waals surface area (Å²) >= 11 is 0. The number of rotatable bonds is 2. The van der Waals surface area contributed by atoms with E-state index >= 15 is 0 Å². The van der Waals surface area contributed by atoms with Crippen LogP contribution in [0, 0.1) is 0 Å².